The van der Waals surface area contributed by atoms with Crippen LogP contribution in [0, 0.1) is 5.41 Å². The van der Waals surface area contributed by atoms with Crippen LogP contribution in [0.1, 0.15) is 31.2 Å². The Morgan fingerprint density at radius 3 is 3.03 bits per heavy atom. The number of urea groups is 1. The molecule has 3 aliphatic heterocycles. The van der Waals surface area contributed by atoms with E-state index in [-0.39, 0.29) is 11.4 Å². The summed E-state index contributed by atoms with van der Waals surface area (Å²) in [6.07, 6.45) is 7.95. The Bertz CT molecular complexity index is 983. The summed E-state index contributed by atoms with van der Waals surface area (Å²) in [6.45, 7) is 4.38. The van der Waals surface area contributed by atoms with Crippen molar-refractivity contribution < 1.29 is 19.0 Å². The van der Waals surface area contributed by atoms with E-state index in [0.717, 1.165) is 62.2 Å². The molecule has 0 bridgehead atoms. The van der Waals surface area contributed by atoms with Crippen LogP contribution in [0.25, 0.3) is 15.8 Å². The number of aromatic nitrogens is 2. The highest BCUT2D eigenvalue weighted by atomic mass is 32.1. The predicted molar refractivity (Wildman–Crippen MR) is 115 cm³/mol. The van der Waals surface area contributed by atoms with Gasteiger partial charge in [0, 0.05) is 36.9 Å². The van der Waals surface area contributed by atoms with E-state index in [4.69, 9.17) is 14.2 Å². The number of hydrogen-bond acceptors (Lipinski definition) is 7. The predicted octanol–water partition coefficient (Wildman–Crippen LogP) is 3.54. The molecule has 2 aromatic heterocycles. The van der Waals surface area contributed by atoms with E-state index in [0.29, 0.717) is 29.7 Å². The number of thiazole rings is 1. The number of carbonyl (C=O) groups excluding carboxylic acids is 1. The third kappa shape index (κ3) is 3.66. The zero-order valence-corrected chi connectivity index (χ0v) is 17.9. The van der Waals surface area contributed by atoms with Crippen molar-refractivity contribution in [3.8, 4) is 5.88 Å². The van der Waals surface area contributed by atoms with Gasteiger partial charge in [-0.3, -0.25) is 5.32 Å². The van der Waals surface area contributed by atoms with Crippen LogP contribution < -0.4 is 10.1 Å². The molecule has 2 amide bonds. The molecule has 2 fully saturated rings. The minimum atomic E-state index is -0.102. The number of nitrogens with zero attached hydrogens (tertiary/aromatic N) is 3. The van der Waals surface area contributed by atoms with Crippen molar-refractivity contribution in [2.45, 2.75) is 25.7 Å². The minimum Gasteiger partial charge on any atom is -0.479 e. The van der Waals surface area contributed by atoms with Crippen molar-refractivity contribution >= 4 is 38.3 Å². The third-order valence-corrected chi connectivity index (χ3v) is 7.24. The molecule has 1 spiro atoms. The fourth-order valence-electron chi connectivity index (χ4n) is 4.60. The SMILES string of the molecule is COc1ncc(C2=CCOCC2)c2sc(NC(=O)N3CCC4(CCCOC4)C3)nc12. The van der Waals surface area contributed by atoms with Gasteiger partial charge in [0.05, 0.1) is 31.6 Å². The second-order valence-corrected chi connectivity index (χ2v) is 9.19. The molecule has 2 saturated heterocycles. The summed E-state index contributed by atoms with van der Waals surface area (Å²) in [7, 11) is 1.59. The van der Waals surface area contributed by atoms with Crippen LogP contribution >= 0.6 is 11.3 Å². The van der Waals surface area contributed by atoms with Crippen molar-refractivity contribution in [3.63, 3.8) is 0 Å². The van der Waals surface area contributed by atoms with Crippen LogP contribution in [0.3, 0.4) is 0 Å². The Hall–Kier alpha value is -2.23. The van der Waals surface area contributed by atoms with Gasteiger partial charge in [-0.05, 0) is 31.3 Å². The van der Waals surface area contributed by atoms with Gasteiger partial charge in [0.25, 0.3) is 0 Å². The molecule has 1 atom stereocenters. The molecule has 5 heterocycles. The molecule has 1 unspecified atom stereocenters. The zero-order chi connectivity index (χ0) is 20.6. The standard InChI is InChI=1S/C21H26N4O4S/c1-27-18-16-17(15(11-22-18)14-3-9-28-10-4-14)30-19(23-16)24-20(26)25-7-6-21(12-25)5-2-8-29-13-21/h3,11H,2,4-10,12-13H2,1H3,(H,23,24,26). The molecule has 2 aromatic rings. The van der Waals surface area contributed by atoms with Gasteiger partial charge >= 0.3 is 6.03 Å². The average molecular weight is 431 g/mol. The summed E-state index contributed by atoms with van der Waals surface area (Å²) < 4.78 is 17.5. The molecule has 30 heavy (non-hydrogen) atoms. The number of pyridine rings is 1. The van der Waals surface area contributed by atoms with Crippen molar-refractivity contribution in [1.82, 2.24) is 14.9 Å². The minimum absolute atomic E-state index is 0.102. The zero-order valence-electron chi connectivity index (χ0n) is 17.1. The van der Waals surface area contributed by atoms with Crippen LogP contribution in [0.2, 0.25) is 0 Å². The van der Waals surface area contributed by atoms with E-state index < -0.39 is 0 Å². The van der Waals surface area contributed by atoms with Crippen molar-refractivity contribution in [3.05, 3.63) is 17.8 Å². The summed E-state index contributed by atoms with van der Waals surface area (Å²) in [5, 5.41) is 3.57. The van der Waals surface area contributed by atoms with Crippen LogP contribution in [-0.2, 0) is 9.47 Å². The monoisotopic (exact) mass is 430 g/mol. The smallest absolute Gasteiger partial charge is 0.323 e. The van der Waals surface area contributed by atoms with E-state index >= 15 is 0 Å². The first kappa shape index (κ1) is 19.7. The molecular weight excluding hydrogens is 404 g/mol. The van der Waals surface area contributed by atoms with Gasteiger partial charge in [0.2, 0.25) is 5.88 Å². The van der Waals surface area contributed by atoms with Crippen LogP contribution in [-0.4, -0.2) is 67.5 Å². The second kappa shape index (κ2) is 8.13. The summed E-state index contributed by atoms with van der Waals surface area (Å²) in [4.78, 5) is 23.9. The largest absolute Gasteiger partial charge is 0.479 e. The van der Waals surface area contributed by atoms with Gasteiger partial charge in [-0.2, -0.15) is 0 Å². The van der Waals surface area contributed by atoms with E-state index in [1.54, 1.807) is 7.11 Å². The fourth-order valence-corrected chi connectivity index (χ4v) is 5.60. The summed E-state index contributed by atoms with van der Waals surface area (Å²) in [5.74, 6) is 0.470. The number of likely N-dealkylation sites (tertiary alicyclic amines) is 1. The molecule has 160 valence electrons. The van der Waals surface area contributed by atoms with Crippen molar-refractivity contribution in [2.24, 2.45) is 5.41 Å². The first-order valence-electron chi connectivity index (χ1n) is 10.4. The Morgan fingerprint density at radius 2 is 2.27 bits per heavy atom. The first-order valence-corrected chi connectivity index (χ1v) is 11.2. The molecule has 0 aromatic carbocycles. The molecule has 8 nitrogen and oxygen atoms in total. The normalized spacial score (nSPS) is 24.3. The highest BCUT2D eigenvalue weighted by molar-refractivity contribution is 7.22. The number of ether oxygens (including phenoxy) is 3. The maximum absolute atomic E-state index is 12.9. The quantitative estimate of drug-likeness (QED) is 0.802. The Labute approximate surface area is 179 Å². The summed E-state index contributed by atoms with van der Waals surface area (Å²) >= 11 is 1.47. The van der Waals surface area contributed by atoms with Gasteiger partial charge in [-0.15, -0.1) is 0 Å². The Balaban J connectivity index is 1.38. The molecule has 0 aliphatic carbocycles. The first-order chi connectivity index (χ1) is 14.7. The van der Waals surface area contributed by atoms with E-state index in [2.05, 4.69) is 21.4 Å². The number of anilines is 1. The molecule has 0 radical (unpaired) electrons. The third-order valence-electron chi connectivity index (χ3n) is 6.23. The molecule has 9 heteroatoms. The number of carbonyl (C=O) groups is 1. The highest BCUT2D eigenvalue weighted by Crippen LogP contribution is 2.40. The average Bonchev–Trinajstić information content (AvgIpc) is 3.38. The van der Waals surface area contributed by atoms with Gasteiger partial charge in [-0.1, -0.05) is 17.4 Å². The van der Waals surface area contributed by atoms with Crippen LogP contribution in [0.5, 0.6) is 5.88 Å². The topological polar surface area (TPSA) is 85.8 Å². The number of methoxy groups -OCH3 is 1. The summed E-state index contributed by atoms with van der Waals surface area (Å²) in [5.41, 5.74) is 3.04. The van der Waals surface area contributed by atoms with Crippen LogP contribution in [0.4, 0.5) is 9.93 Å². The number of rotatable bonds is 3. The van der Waals surface area contributed by atoms with Gasteiger partial charge in [0.1, 0.15) is 5.52 Å². The lowest BCUT2D eigenvalue weighted by Gasteiger charge is -2.32. The number of fused-ring (bicyclic) bond motifs is 1. The van der Waals surface area contributed by atoms with Gasteiger partial charge < -0.3 is 19.1 Å². The van der Waals surface area contributed by atoms with Gasteiger partial charge in [-0.25, -0.2) is 14.8 Å². The molecule has 0 saturated carbocycles. The van der Waals surface area contributed by atoms with E-state index in [1.165, 1.54) is 16.9 Å². The van der Waals surface area contributed by atoms with E-state index in [9.17, 15) is 4.79 Å². The molecule has 5 rings (SSSR count). The lowest BCUT2D eigenvalue weighted by Crippen LogP contribution is -2.38. The maximum Gasteiger partial charge on any atom is 0.323 e. The lowest BCUT2D eigenvalue weighted by atomic mass is 9.82. The second-order valence-electron chi connectivity index (χ2n) is 8.19. The fraction of sp³-hybridized carbons (Fsp3) is 0.571. The number of nitrogens with one attached hydrogen (secondary N) is 1. The van der Waals surface area contributed by atoms with E-state index in [1.807, 2.05) is 11.1 Å². The van der Waals surface area contributed by atoms with Crippen LogP contribution in [0.15, 0.2) is 12.3 Å². The summed E-state index contributed by atoms with van der Waals surface area (Å²) in [6, 6.07) is -0.102. The molecular formula is C21H26N4O4S. The Kier molecular flexibility index (Phi) is 5.34. The van der Waals surface area contributed by atoms with Crippen molar-refractivity contribution in [1.29, 1.82) is 0 Å². The maximum atomic E-state index is 12.9. The van der Waals surface area contributed by atoms with Gasteiger partial charge in [0.15, 0.2) is 5.13 Å². The molecule has 3 aliphatic rings. The lowest BCUT2D eigenvalue weighted by molar-refractivity contribution is -0.000213. The highest BCUT2D eigenvalue weighted by Gasteiger charge is 2.41. The Morgan fingerprint density at radius 1 is 1.33 bits per heavy atom. The molecule has 1 N–H and O–H groups in total. The van der Waals surface area contributed by atoms with Crippen molar-refractivity contribution in [2.75, 3.05) is 51.9 Å². The number of amides is 2. The number of hydrogen-bond donors (Lipinski definition) is 1.